The first-order valence-electron chi connectivity index (χ1n) is 10.5. The molecule has 0 N–H and O–H groups in total. The van der Waals surface area contributed by atoms with Gasteiger partial charge in [0.25, 0.3) is 0 Å². The number of rotatable bonds is 7. The zero-order valence-electron chi connectivity index (χ0n) is 18.4. The standard InChI is InChI=1S/C25H29N3O3/c1-29-23-16-25(31-3)24(30-2)15-21(23)17-26-28-13-11-27(12-14-28)18-20-9-6-8-19-7-4-5-10-22(19)20/h4-10,15-17H,11-14,18H2,1-3H3. The molecule has 4 rings (SSSR count). The number of hydrogen-bond acceptors (Lipinski definition) is 6. The lowest BCUT2D eigenvalue weighted by Crippen LogP contribution is -2.43. The highest BCUT2D eigenvalue weighted by molar-refractivity contribution is 5.86. The molecule has 1 heterocycles. The molecule has 0 spiro atoms. The quantitative estimate of drug-likeness (QED) is 0.542. The summed E-state index contributed by atoms with van der Waals surface area (Å²) in [7, 11) is 4.88. The molecule has 31 heavy (non-hydrogen) atoms. The van der Waals surface area contributed by atoms with Gasteiger partial charge in [-0.2, -0.15) is 5.10 Å². The molecule has 6 heteroatoms. The molecule has 0 amide bonds. The molecule has 0 saturated carbocycles. The summed E-state index contributed by atoms with van der Waals surface area (Å²) in [6.07, 6.45) is 1.83. The van der Waals surface area contributed by atoms with Gasteiger partial charge in [-0.1, -0.05) is 42.5 Å². The van der Waals surface area contributed by atoms with Crippen molar-refractivity contribution in [1.29, 1.82) is 0 Å². The van der Waals surface area contributed by atoms with Crippen LogP contribution in [0.5, 0.6) is 17.2 Å². The average molecular weight is 420 g/mol. The van der Waals surface area contributed by atoms with E-state index in [9.17, 15) is 0 Å². The van der Waals surface area contributed by atoms with E-state index in [0.29, 0.717) is 17.2 Å². The molecular weight excluding hydrogens is 390 g/mol. The van der Waals surface area contributed by atoms with Crippen LogP contribution in [0.3, 0.4) is 0 Å². The van der Waals surface area contributed by atoms with Gasteiger partial charge in [-0.25, -0.2) is 0 Å². The number of methoxy groups -OCH3 is 3. The molecule has 0 aliphatic carbocycles. The van der Waals surface area contributed by atoms with Crippen LogP contribution in [0.1, 0.15) is 11.1 Å². The number of benzene rings is 3. The molecule has 0 bridgehead atoms. The second-order valence-corrected chi connectivity index (χ2v) is 7.56. The van der Waals surface area contributed by atoms with Crippen molar-refractivity contribution in [2.75, 3.05) is 47.5 Å². The summed E-state index contributed by atoms with van der Waals surface area (Å²) in [6, 6.07) is 18.9. The monoisotopic (exact) mass is 419 g/mol. The van der Waals surface area contributed by atoms with E-state index in [1.54, 1.807) is 21.3 Å². The molecule has 3 aromatic rings. The van der Waals surface area contributed by atoms with Crippen LogP contribution in [0.4, 0.5) is 0 Å². The van der Waals surface area contributed by atoms with Gasteiger partial charge < -0.3 is 14.2 Å². The van der Waals surface area contributed by atoms with Gasteiger partial charge in [-0.05, 0) is 22.4 Å². The fraction of sp³-hybridized carbons (Fsp3) is 0.320. The van der Waals surface area contributed by atoms with Crippen LogP contribution in [-0.4, -0.2) is 63.6 Å². The number of fused-ring (bicyclic) bond motifs is 1. The SMILES string of the molecule is COc1cc(OC)c(OC)cc1C=NN1CCN(Cc2cccc3ccccc23)CC1. The Bertz CT molecular complexity index is 1050. The van der Waals surface area contributed by atoms with Gasteiger partial charge in [0.05, 0.1) is 27.5 Å². The van der Waals surface area contributed by atoms with E-state index < -0.39 is 0 Å². The maximum Gasteiger partial charge on any atom is 0.164 e. The maximum absolute atomic E-state index is 5.49. The fourth-order valence-corrected chi connectivity index (χ4v) is 3.98. The zero-order valence-corrected chi connectivity index (χ0v) is 18.4. The Morgan fingerprint density at radius 2 is 1.48 bits per heavy atom. The predicted octanol–water partition coefficient (Wildman–Crippen LogP) is 4.02. The van der Waals surface area contributed by atoms with Gasteiger partial charge in [-0.15, -0.1) is 0 Å². The maximum atomic E-state index is 5.49. The van der Waals surface area contributed by atoms with Crippen LogP contribution in [0.25, 0.3) is 10.8 Å². The van der Waals surface area contributed by atoms with Crippen molar-refractivity contribution >= 4 is 17.0 Å². The Morgan fingerprint density at radius 1 is 0.806 bits per heavy atom. The minimum Gasteiger partial charge on any atom is -0.496 e. The number of piperazine rings is 1. The van der Waals surface area contributed by atoms with Crippen molar-refractivity contribution in [3.63, 3.8) is 0 Å². The number of ether oxygens (including phenoxy) is 3. The highest BCUT2D eigenvalue weighted by Gasteiger charge is 2.17. The van der Waals surface area contributed by atoms with Gasteiger partial charge in [0.15, 0.2) is 11.5 Å². The highest BCUT2D eigenvalue weighted by Crippen LogP contribution is 2.33. The van der Waals surface area contributed by atoms with Crippen molar-refractivity contribution in [3.8, 4) is 17.2 Å². The fourth-order valence-electron chi connectivity index (χ4n) is 3.98. The van der Waals surface area contributed by atoms with Crippen LogP contribution in [0.2, 0.25) is 0 Å². The van der Waals surface area contributed by atoms with Crippen molar-refractivity contribution < 1.29 is 14.2 Å². The third-order valence-corrected chi connectivity index (χ3v) is 5.72. The van der Waals surface area contributed by atoms with Crippen molar-refractivity contribution in [2.24, 2.45) is 5.10 Å². The van der Waals surface area contributed by atoms with E-state index in [4.69, 9.17) is 14.2 Å². The summed E-state index contributed by atoms with van der Waals surface area (Å²) in [5, 5.41) is 9.43. The Hall–Kier alpha value is -3.25. The topological polar surface area (TPSA) is 46.5 Å². The minimum atomic E-state index is 0.638. The number of hydrogen-bond donors (Lipinski definition) is 0. The van der Waals surface area contributed by atoms with E-state index in [1.165, 1.54) is 16.3 Å². The third kappa shape index (κ3) is 4.75. The number of nitrogens with zero attached hydrogens (tertiary/aromatic N) is 3. The van der Waals surface area contributed by atoms with Crippen LogP contribution in [0, 0.1) is 0 Å². The van der Waals surface area contributed by atoms with Gasteiger partial charge >= 0.3 is 0 Å². The minimum absolute atomic E-state index is 0.638. The Balaban J connectivity index is 1.40. The van der Waals surface area contributed by atoms with E-state index >= 15 is 0 Å². The van der Waals surface area contributed by atoms with E-state index in [1.807, 2.05) is 18.3 Å². The third-order valence-electron chi connectivity index (χ3n) is 5.72. The van der Waals surface area contributed by atoms with Gasteiger partial charge in [0.2, 0.25) is 0 Å². The summed E-state index contributed by atoms with van der Waals surface area (Å²) in [5.41, 5.74) is 2.24. The van der Waals surface area contributed by atoms with Gasteiger partial charge in [0.1, 0.15) is 5.75 Å². The molecule has 6 nitrogen and oxygen atoms in total. The zero-order chi connectivity index (χ0) is 21.6. The van der Waals surface area contributed by atoms with E-state index in [-0.39, 0.29) is 0 Å². The summed E-state index contributed by atoms with van der Waals surface area (Å²) in [5.74, 6) is 2.00. The first-order valence-corrected chi connectivity index (χ1v) is 10.5. The number of hydrazone groups is 1. The molecule has 0 unspecified atom stereocenters. The lowest BCUT2D eigenvalue weighted by Gasteiger charge is -2.33. The van der Waals surface area contributed by atoms with Crippen molar-refractivity contribution in [1.82, 2.24) is 9.91 Å². The molecule has 1 saturated heterocycles. The largest absolute Gasteiger partial charge is 0.496 e. The Labute approximate surface area is 183 Å². The van der Waals surface area contributed by atoms with Crippen molar-refractivity contribution in [2.45, 2.75) is 6.54 Å². The van der Waals surface area contributed by atoms with Crippen molar-refractivity contribution in [3.05, 3.63) is 65.7 Å². The molecule has 3 aromatic carbocycles. The summed E-state index contributed by atoms with van der Waals surface area (Å²) >= 11 is 0. The predicted molar refractivity (Wildman–Crippen MR) is 124 cm³/mol. The summed E-state index contributed by atoms with van der Waals surface area (Å²) in [4.78, 5) is 2.49. The van der Waals surface area contributed by atoms with Gasteiger partial charge in [0, 0.05) is 44.4 Å². The summed E-state index contributed by atoms with van der Waals surface area (Å²) < 4.78 is 16.2. The molecule has 1 fully saturated rings. The normalized spacial score (nSPS) is 14.9. The van der Waals surface area contributed by atoms with E-state index in [2.05, 4.69) is 57.5 Å². The van der Waals surface area contributed by atoms with Crippen LogP contribution >= 0.6 is 0 Å². The second kappa shape index (κ2) is 9.71. The lowest BCUT2D eigenvalue weighted by atomic mass is 10.0. The van der Waals surface area contributed by atoms with Crippen LogP contribution < -0.4 is 14.2 Å². The van der Waals surface area contributed by atoms with Crippen LogP contribution in [0.15, 0.2) is 59.7 Å². The first-order chi connectivity index (χ1) is 15.2. The summed E-state index contributed by atoms with van der Waals surface area (Å²) in [6.45, 7) is 4.68. The molecule has 1 aliphatic heterocycles. The Kier molecular flexibility index (Phi) is 6.57. The molecule has 0 atom stereocenters. The lowest BCUT2D eigenvalue weighted by molar-refractivity contribution is 0.131. The second-order valence-electron chi connectivity index (χ2n) is 7.56. The molecule has 162 valence electrons. The van der Waals surface area contributed by atoms with E-state index in [0.717, 1.165) is 38.3 Å². The Morgan fingerprint density at radius 3 is 2.23 bits per heavy atom. The highest BCUT2D eigenvalue weighted by atomic mass is 16.5. The molecule has 0 aromatic heterocycles. The first kappa shape index (κ1) is 21.0. The molecular formula is C25H29N3O3. The average Bonchev–Trinajstić information content (AvgIpc) is 2.83. The van der Waals surface area contributed by atoms with Gasteiger partial charge in [-0.3, -0.25) is 9.91 Å². The smallest absolute Gasteiger partial charge is 0.164 e. The molecule has 0 radical (unpaired) electrons. The molecule has 1 aliphatic rings. The van der Waals surface area contributed by atoms with Crippen LogP contribution in [-0.2, 0) is 6.54 Å².